The summed E-state index contributed by atoms with van der Waals surface area (Å²) in [7, 11) is 1.99. The molecule has 0 amide bonds. The van der Waals surface area contributed by atoms with Crippen molar-refractivity contribution in [3.8, 4) is 0 Å². The maximum Gasteiger partial charge on any atom is 0.151 e. The Kier molecular flexibility index (Phi) is 4.69. The van der Waals surface area contributed by atoms with E-state index in [0.717, 1.165) is 22.6 Å². The molecule has 4 heteroatoms. The van der Waals surface area contributed by atoms with E-state index in [2.05, 4.69) is 11.8 Å². The zero-order chi connectivity index (χ0) is 14.7. The van der Waals surface area contributed by atoms with Crippen LogP contribution in [0.3, 0.4) is 0 Å². The van der Waals surface area contributed by atoms with Gasteiger partial charge in [-0.05, 0) is 42.8 Å². The molecular formula is C16H15Cl2NO. The molecular weight excluding hydrogens is 293 g/mol. The number of hydrogen-bond acceptors (Lipinski definition) is 2. The van der Waals surface area contributed by atoms with Gasteiger partial charge in [0.05, 0.1) is 11.1 Å². The molecule has 0 N–H and O–H groups in total. The van der Waals surface area contributed by atoms with E-state index in [9.17, 15) is 4.79 Å². The Bertz CT molecular complexity index is 610. The first-order valence-electron chi connectivity index (χ1n) is 6.26. The Balaban J connectivity index is 2.26. The molecule has 0 aliphatic heterocycles. The summed E-state index contributed by atoms with van der Waals surface area (Å²) in [6, 6.07) is 13.4. The molecule has 1 atom stereocenters. The van der Waals surface area contributed by atoms with Crippen LogP contribution in [0.5, 0.6) is 0 Å². The van der Waals surface area contributed by atoms with Crippen LogP contribution in [0, 0.1) is 0 Å². The van der Waals surface area contributed by atoms with Crippen molar-refractivity contribution < 1.29 is 4.79 Å². The van der Waals surface area contributed by atoms with E-state index in [0.29, 0.717) is 10.6 Å². The van der Waals surface area contributed by atoms with Crippen molar-refractivity contribution in [1.29, 1.82) is 0 Å². The second kappa shape index (κ2) is 6.29. The molecule has 0 spiro atoms. The van der Waals surface area contributed by atoms with Crippen molar-refractivity contribution in [1.82, 2.24) is 0 Å². The molecule has 2 aromatic carbocycles. The van der Waals surface area contributed by atoms with Crippen molar-refractivity contribution >= 4 is 35.2 Å². The van der Waals surface area contributed by atoms with Gasteiger partial charge in [-0.15, -0.1) is 0 Å². The summed E-state index contributed by atoms with van der Waals surface area (Å²) in [6.45, 7) is 2.10. The summed E-state index contributed by atoms with van der Waals surface area (Å²) in [6.07, 6.45) is 0.759. The lowest BCUT2D eigenvalue weighted by Crippen LogP contribution is -2.21. The lowest BCUT2D eigenvalue weighted by Gasteiger charge is -2.27. The third-order valence-corrected chi connectivity index (χ3v) is 4.03. The fourth-order valence-corrected chi connectivity index (χ4v) is 2.36. The maximum atomic E-state index is 10.8. The van der Waals surface area contributed by atoms with Crippen molar-refractivity contribution in [3.63, 3.8) is 0 Å². The third kappa shape index (κ3) is 3.14. The van der Waals surface area contributed by atoms with E-state index in [1.54, 1.807) is 12.1 Å². The molecule has 0 fully saturated rings. The number of nitrogens with zero attached hydrogens (tertiary/aromatic N) is 1. The highest BCUT2D eigenvalue weighted by Crippen LogP contribution is 2.29. The van der Waals surface area contributed by atoms with Gasteiger partial charge in [-0.2, -0.15) is 0 Å². The molecule has 2 rings (SSSR count). The zero-order valence-electron chi connectivity index (χ0n) is 11.3. The second-order valence-corrected chi connectivity index (χ2v) is 5.51. The highest BCUT2D eigenvalue weighted by Gasteiger charge is 2.13. The minimum atomic E-state index is 0.172. The van der Waals surface area contributed by atoms with Crippen molar-refractivity contribution in [2.24, 2.45) is 0 Å². The van der Waals surface area contributed by atoms with Crippen LogP contribution in [0.15, 0.2) is 42.5 Å². The highest BCUT2D eigenvalue weighted by molar-refractivity contribution is 6.33. The summed E-state index contributed by atoms with van der Waals surface area (Å²) in [5.41, 5.74) is 2.62. The van der Waals surface area contributed by atoms with Crippen LogP contribution in [0.1, 0.15) is 28.9 Å². The molecule has 0 saturated heterocycles. The van der Waals surface area contributed by atoms with E-state index < -0.39 is 0 Å². The standard InChI is InChI=1S/C16H15Cl2NO/c1-11(12-3-6-14(17)7-4-12)19(2)15-8-5-13(10-20)16(18)9-15/h3-11H,1-2H3. The molecule has 1 unspecified atom stereocenters. The van der Waals surface area contributed by atoms with Gasteiger partial charge in [-0.25, -0.2) is 0 Å². The van der Waals surface area contributed by atoms with Crippen LogP contribution >= 0.6 is 23.2 Å². The predicted octanol–water partition coefficient (Wildman–Crippen LogP) is 5.00. The van der Waals surface area contributed by atoms with E-state index in [1.807, 2.05) is 37.4 Å². The SMILES string of the molecule is CC(c1ccc(Cl)cc1)N(C)c1ccc(C=O)c(Cl)c1. The lowest BCUT2D eigenvalue weighted by molar-refractivity contribution is 0.112. The molecule has 2 aromatic rings. The minimum Gasteiger partial charge on any atom is -0.368 e. The minimum absolute atomic E-state index is 0.172. The van der Waals surface area contributed by atoms with Gasteiger partial charge in [0.15, 0.2) is 6.29 Å². The molecule has 20 heavy (non-hydrogen) atoms. The largest absolute Gasteiger partial charge is 0.368 e. The van der Waals surface area contributed by atoms with Crippen LogP contribution in [0.4, 0.5) is 5.69 Å². The van der Waals surface area contributed by atoms with Gasteiger partial charge in [0.1, 0.15) is 0 Å². The smallest absolute Gasteiger partial charge is 0.151 e. The van der Waals surface area contributed by atoms with Crippen LogP contribution < -0.4 is 4.90 Å². The average Bonchev–Trinajstić information content (AvgIpc) is 2.46. The highest BCUT2D eigenvalue weighted by atomic mass is 35.5. The first-order valence-corrected chi connectivity index (χ1v) is 7.01. The number of benzene rings is 2. The van der Waals surface area contributed by atoms with Gasteiger partial charge >= 0.3 is 0 Å². The van der Waals surface area contributed by atoms with E-state index in [4.69, 9.17) is 23.2 Å². The first kappa shape index (κ1) is 14.9. The van der Waals surface area contributed by atoms with Crippen molar-refractivity contribution in [3.05, 3.63) is 63.6 Å². The van der Waals surface area contributed by atoms with Crippen LogP contribution in [-0.2, 0) is 0 Å². The monoisotopic (exact) mass is 307 g/mol. The summed E-state index contributed by atoms with van der Waals surface area (Å²) in [5, 5.41) is 1.19. The summed E-state index contributed by atoms with van der Waals surface area (Å²) < 4.78 is 0. The zero-order valence-corrected chi connectivity index (χ0v) is 12.8. The van der Waals surface area contributed by atoms with Crippen LogP contribution in [0.2, 0.25) is 10.0 Å². The van der Waals surface area contributed by atoms with Gasteiger partial charge < -0.3 is 4.90 Å². The number of carbonyl (C=O) groups excluding carboxylic acids is 1. The molecule has 0 aromatic heterocycles. The number of carbonyl (C=O) groups is 1. The summed E-state index contributed by atoms with van der Waals surface area (Å²) >= 11 is 12.0. The Hall–Kier alpha value is -1.51. The second-order valence-electron chi connectivity index (χ2n) is 4.66. The van der Waals surface area contributed by atoms with Crippen LogP contribution in [-0.4, -0.2) is 13.3 Å². The summed E-state index contributed by atoms with van der Waals surface area (Å²) in [4.78, 5) is 12.9. The quantitative estimate of drug-likeness (QED) is 0.741. The molecule has 0 bridgehead atoms. The van der Waals surface area contributed by atoms with Gasteiger partial charge in [0.25, 0.3) is 0 Å². The maximum absolute atomic E-state index is 10.8. The third-order valence-electron chi connectivity index (χ3n) is 3.45. The van der Waals surface area contributed by atoms with Gasteiger partial charge in [0.2, 0.25) is 0 Å². The predicted molar refractivity (Wildman–Crippen MR) is 85.1 cm³/mol. The molecule has 104 valence electrons. The number of aldehydes is 1. The van der Waals surface area contributed by atoms with Gasteiger partial charge in [0, 0.05) is 23.3 Å². The van der Waals surface area contributed by atoms with E-state index in [-0.39, 0.29) is 6.04 Å². The number of hydrogen-bond donors (Lipinski definition) is 0. The Labute approximate surface area is 128 Å². The molecule has 0 radical (unpaired) electrons. The number of rotatable bonds is 4. The number of halogens is 2. The molecule has 0 aliphatic rings. The van der Waals surface area contributed by atoms with Crippen molar-refractivity contribution in [2.75, 3.05) is 11.9 Å². The normalized spacial score (nSPS) is 12.0. The van der Waals surface area contributed by atoms with Crippen LogP contribution in [0.25, 0.3) is 0 Å². The van der Waals surface area contributed by atoms with E-state index in [1.165, 1.54) is 0 Å². The topological polar surface area (TPSA) is 20.3 Å². The van der Waals surface area contributed by atoms with E-state index >= 15 is 0 Å². The molecule has 2 nitrogen and oxygen atoms in total. The van der Waals surface area contributed by atoms with Gasteiger partial charge in [-0.3, -0.25) is 4.79 Å². The van der Waals surface area contributed by atoms with Crippen molar-refractivity contribution in [2.45, 2.75) is 13.0 Å². The Morgan fingerprint density at radius 2 is 1.75 bits per heavy atom. The molecule has 0 heterocycles. The summed E-state index contributed by atoms with van der Waals surface area (Å²) in [5.74, 6) is 0. The molecule has 0 aliphatic carbocycles. The molecule has 0 saturated carbocycles. The fraction of sp³-hybridized carbons (Fsp3) is 0.188. The average molecular weight is 308 g/mol. The van der Waals surface area contributed by atoms with Gasteiger partial charge in [-0.1, -0.05) is 35.3 Å². The lowest BCUT2D eigenvalue weighted by atomic mass is 10.1. The Morgan fingerprint density at radius 1 is 1.10 bits per heavy atom. The fourth-order valence-electron chi connectivity index (χ4n) is 2.02. The number of anilines is 1. The Morgan fingerprint density at radius 3 is 2.30 bits per heavy atom. The first-order chi connectivity index (χ1) is 9.52.